The van der Waals surface area contributed by atoms with Crippen LogP contribution in [0.4, 0.5) is 0 Å². The lowest BCUT2D eigenvalue weighted by Crippen LogP contribution is -2.29. The highest BCUT2D eigenvalue weighted by Gasteiger charge is 2.15. The van der Waals surface area contributed by atoms with Gasteiger partial charge in [-0.3, -0.25) is 0 Å². The van der Waals surface area contributed by atoms with Gasteiger partial charge in [-0.2, -0.15) is 16.9 Å². The zero-order valence-electron chi connectivity index (χ0n) is 12.2. The van der Waals surface area contributed by atoms with Crippen LogP contribution in [0.3, 0.4) is 0 Å². The molecule has 5 heteroatoms. The van der Waals surface area contributed by atoms with Crippen molar-refractivity contribution in [2.75, 3.05) is 5.75 Å². The Morgan fingerprint density at radius 1 is 1.39 bits per heavy atom. The van der Waals surface area contributed by atoms with Gasteiger partial charge >= 0.3 is 0 Å². The summed E-state index contributed by atoms with van der Waals surface area (Å²) in [6, 6.07) is 0.143. The summed E-state index contributed by atoms with van der Waals surface area (Å²) in [5.41, 5.74) is 6.17. The molecular formula is C13H26N4S. The summed E-state index contributed by atoms with van der Waals surface area (Å²) < 4.78 is 2.25. The third-order valence-corrected chi connectivity index (χ3v) is 3.87. The molecule has 0 radical (unpaired) electrons. The molecule has 2 N–H and O–H groups in total. The Kier molecular flexibility index (Phi) is 5.66. The van der Waals surface area contributed by atoms with Crippen LogP contribution in [0.25, 0.3) is 0 Å². The van der Waals surface area contributed by atoms with Crippen LogP contribution < -0.4 is 5.73 Å². The molecule has 0 amide bonds. The number of nitrogens with two attached hydrogens (primary N) is 1. The van der Waals surface area contributed by atoms with Crippen molar-refractivity contribution in [1.29, 1.82) is 0 Å². The first-order valence-electron chi connectivity index (χ1n) is 6.54. The van der Waals surface area contributed by atoms with Gasteiger partial charge < -0.3 is 5.73 Å². The van der Waals surface area contributed by atoms with Crippen molar-refractivity contribution in [2.45, 2.75) is 58.4 Å². The first-order valence-corrected chi connectivity index (χ1v) is 7.52. The first-order chi connectivity index (χ1) is 8.28. The van der Waals surface area contributed by atoms with Gasteiger partial charge in [0.25, 0.3) is 0 Å². The lowest BCUT2D eigenvalue weighted by molar-refractivity contribution is 0.461. The van der Waals surface area contributed by atoms with Crippen molar-refractivity contribution in [3.05, 3.63) is 12.2 Å². The first kappa shape index (κ1) is 15.5. The van der Waals surface area contributed by atoms with Crippen LogP contribution >= 0.6 is 11.8 Å². The van der Waals surface area contributed by atoms with Crippen LogP contribution in [0.5, 0.6) is 0 Å². The maximum atomic E-state index is 6.17. The molecule has 0 bridgehead atoms. The molecule has 0 aliphatic heterocycles. The smallest absolute Gasteiger partial charge is 0.138 e. The molecule has 1 atom stereocenters. The quantitative estimate of drug-likeness (QED) is 0.862. The van der Waals surface area contributed by atoms with Crippen LogP contribution in [0.2, 0.25) is 0 Å². The molecule has 0 saturated carbocycles. The van der Waals surface area contributed by atoms with Gasteiger partial charge in [-0.25, -0.2) is 9.67 Å². The summed E-state index contributed by atoms with van der Waals surface area (Å²) in [6.45, 7) is 11.9. The Morgan fingerprint density at radius 3 is 2.61 bits per heavy atom. The van der Waals surface area contributed by atoms with Crippen molar-refractivity contribution < 1.29 is 0 Å². The molecule has 0 aromatic carbocycles. The average molecular weight is 270 g/mol. The van der Waals surface area contributed by atoms with E-state index in [1.165, 1.54) is 0 Å². The van der Waals surface area contributed by atoms with E-state index in [9.17, 15) is 0 Å². The third kappa shape index (κ3) is 5.87. The van der Waals surface area contributed by atoms with Crippen LogP contribution in [-0.2, 0) is 13.0 Å². The molecule has 0 saturated heterocycles. The van der Waals surface area contributed by atoms with E-state index < -0.39 is 0 Å². The largest absolute Gasteiger partial charge is 0.327 e. The van der Waals surface area contributed by atoms with E-state index in [0.29, 0.717) is 5.92 Å². The Bertz CT molecular complexity index is 354. The molecule has 1 rings (SSSR count). The molecule has 1 aromatic heterocycles. The van der Waals surface area contributed by atoms with Gasteiger partial charge in [0, 0.05) is 29.5 Å². The number of hydrogen-bond acceptors (Lipinski definition) is 4. The van der Waals surface area contributed by atoms with Gasteiger partial charge in [-0.1, -0.05) is 34.6 Å². The molecule has 0 aliphatic carbocycles. The van der Waals surface area contributed by atoms with Crippen molar-refractivity contribution in [1.82, 2.24) is 14.8 Å². The monoisotopic (exact) mass is 270 g/mol. The minimum absolute atomic E-state index is 0.143. The second-order valence-electron chi connectivity index (χ2n) is 6.14. The summed E-state index contributed by atoms with van der Waals surface area (Å²) in [5, 5.41) is 4.26. The van der Waals surface area contributed by atoms with E-state index >= 15 is 0 Å². The molecule has 1 aromatic rings. The highest BCUT2D eigenvalue weighted by molar-refractivity contribution is 8.00. The summed E-state index contributed by atoms with van der Waals surface area (Å²) in [6.07, 6.45) is 2.43. The van der Waals surface area contributed by atoms with E-state index in [1.807, 2.05) is 16.4 Å². The van der Waals surface area contributed by atoms with Crippen LogP contribution in [0.1, 0.15) is 40.4 Å². The number of rotatable bonds is 6. The standard InChI is InChI=1S/C13H26N4S/c1-10(2)7-17-12(15-9-16-17)6-11(14)8-18-13(3,4)5/h9-11H,6-8,14H2,1-5H3. The molecule has 0 aliphatic rings. The summed E-state index contributed by atoms with van der Waals surface area (Å²) in [4.78, 5) is 4.32. The van der Waals surface area contributed by atoms with Gasteiger partial charge in [0.15, 0.2) is 0 Å². The number of hydrogen-bond donors (Lipinski definition) is 1. The van der Waals surface area contributed by atoms with Gasteiger partial charge in [-0.05, 0) is 5.92 Å². The fourth-order valence-corrected chi connectivity index (χ4v) is 2.43. The highest BCUT2D eigenvalue weighted by Crippen LogP contribution is 2.23. The Morgan fingerprint density at radius 2 is 2.06 bits per heavy atom. The fourth-order valence-electron chi connectivity index (χ4n) is 1.60. The van der Waals surface area contributed by atoms with Crippen molar-refractivity contribution in [2.24, 2.45) is 11.7 Å². The molecular weight excluding hydrogens is 244 g/mol. The van der Waals surface area contributed by atoms with E-state index in [2.05, 4.69) is 44.7 Å². The minimum Gasteiger partial charge on any atom is -0.327 e. The summed E-state index contributed by atoms with van der Waals surface area (Å²) in [7, 11) is 0. The number of thioether (sulfide) groups is 1. The van der Waals surface area contributed by atoms with Crippen molar-refractivity contribution in [3.8, 4) is 0 Å². The molecule has 1 heterocycles. The number of nitrogens with zero attached hydrogens (tertiary/aromatic N) is 3. The van der Waals surface area contributed by atoms with Crippen molar-refractivity contribution >= 4 is 11.8 Å². The Labute approximate surface area is 115 Å². The topological polar surface area (TPSA) is 56.7 Å². The minimum atomic E-state index is 0.143. The Balaban J connectivity index is 2.49. The highest BCUT2D eigenvalue weighted by atomic mass is 32.2. The van der Waals surface area contributed by atoms with Gasteiger partial charge in [0.05, 0.1) is 0 Å². The summed E-state index contributed by atoms with van der Waals surface area (Å²) in [5.74, 6) is 2.54. The lowest BCUT2D eigenvalue weighted by Gasteiger charge is -2.20. The van der Waals surface area contributed by atoms with Gasteiger partial charge in [-0.15, -0.1) is 0 Å². The second kappa shape index (κ2) is 6.57. The van der Waals surface area contributed by atoms with E-state index in [0.717, 1.165) is 24.5 Å². The zero-order valence-corrected chi connectivity index (χ0v) is 13.0. The molecule has 18 heavy (non-hydrogen) atoms. The van der Waals surface area contributed by atoms with E-state index in [4.69, 9.17) is 5.73 Å². The fraction of sp³-hybridized carbons (Fsp3) is 0.846. The third-order valence-electron chi connectivity index (χ3n) is 2.41. The molecule has 0 spiro atoms. The zero-order chi connectivity index (χ0) is 13.8. The lowest BCUT2D eigenvalue weighted by atomic mass is 10.2. The van der Waals surface area contributed by atoms with Crippen LogP contribution in [-0.4, -0.2) is 31.3 Å². The van der Waals surface area contributed by atoms with Crippen LogP contribution in [0, 0.1) is 5.92 Å². The molecule has 4 nitrogen and oxygen atoms in total. The number of aromatic nitrogens is 3. The van der Waals surface area contributed by atoms with E-state index in [1.54, 1.807) is 6.33 Å². The SMILES string of the molecule is CC(C)Cn1ncnc1CC(N)CSC(C)(C)C. The van der Waals surface area contributed by atoms with Crippen LogP contribution in [0.15, 0.2) is 6.33 Å². The molecule has 0 fully saturated rings. The predicted octanol–water partition coefficient (Wildman–Crippen LogP) is 2.34. The Hall–Kier alpha value is -0.550. The van der Waals surface area contributed by atoms with Gasteiger partial charge in [0.1, 0.15) is 12.2 Å². The van der Waals surface area contributed by atoms with E-state index in [-0.39, 0.29) is 10.8 Å². The normalized spacial score (nSPS) is 14.2. The maximum absolute atomic E-state index is 6.17. The molecule has 1 unspecified atom stereocenters. The predicted molar refractivity (Wildman–Crippen MR) is 78.8 cm³/mol. The van der Waals surface area contributed by atoms with Gasteiger partial charge in [0.2, 0.25) is 0 Å². The average Bonchev–Trinajstić information content (AvgIpc) is 2.61. The van der Waals surface area contributed by atoms with Crippen molar-refractivity contribution in [3.63, 3.8) is 0 Å². The summed E-state index contributed by atoms with van der Waals surface area (Å²) >= 11 is 1.90. The maximum Gasteiger partial charge on any atom is 0.138 e. The second-order valence-corrected chi connectivity index (χ2v) is 7.99. The molecule has 104 valence electrons.